The largest absolute Gasteiger partial charge is 0.396 e. The molecule has 0 aromatic rings. The van der Waals surface area contributed by atoms with Gasteiger partial charge in [-0.15, -0.1) is 0 Å². The average molecular weight is 298 g/mol. The third kappa shape index (κ3) is 1.27. The lowest BCUT2D eigenvalue weighted by molar-refractivity contribution is -0.233. The van der Waals surface area contributed by atoms with E-state index in [1.54, 1.807) is 0 Å². The molecule has 0 amide bonds. The highest BCUT2D eigenvalue weighted by molar-refractivity contribution is 5.35. The highest BCUT2D eigenvalue weighted by Crippen LogP contribution is 2.71. The lowest BCUT2D eigenvalue weighted by Gasteiger charge is -2.58. The summed E-state index contributed by atoms with van der Waals surface area (Å²) in [6.45, 7) is 3.83. The second kappa shape index (κ2) is 3.88. The minimum Gasteiger partial charge on any atom is -0.396 e. The second-order valence-electron chi connectivity index (χ2n) is 7.24. The van der Waals surface area contributed by atoms with Crippen molar-refractivity contribution in [2.45, 2.75) is 56.4 Å². The quantitative estimate of drug-likeness (QED) is 0.364. The van der Waals surface area contributed by atoms with Crippen LogP contribution in [0, 0.1) is 10.8 Å². The molecule has 6 nitrogen and oxygen atoms in total. The van der Waals surface area contributed by atoms with Gasteiger partial charge in [-0.3, -0.25) is 0 Å². The zero-order chi connectivity index (χ0) is 15.2. The molecule has 21 heavy (non-hydrogen) atoms. The van der Waals surface area contributed by atoms with Crippen molar-refractivity contribution in [2.24, 2.45) is 10.8 Å². The molecule has 6 heteroatoms. The average Bonchev–Trinajstić information content (AvgIpc) is 3.24. The summed E-state index contributed by atoms with van der Waals surface area (Å²) < 4.78 is 11.7. The molecule has 4 aliphatic rings. The highest BCUT2D eigenvalue weighted by atomic mass is 16.6. The summed E-state index contributed by atoms with van der Waals surface area (Å²) in [5.41, 5.74) is -1.69. The fourth-order valence-corrected chi connectivity index (χ4v) is 5.06. The predicted octanol–water partition coefficient (Wildman–Crippen LogP) is -1.05. The summed E-state index contributed by atoms with van der Waals surface area (Å²) in [7, 11) is 0. The zero-order valence-corrected chi connectivity index (χ0v) is 12.2. The van der Waals surface area contributed by atoms with Crippen LogP contribution in [0.25, 0.3) is 0 Å². The Morgan fingerprint density at radius 2 is 2.00 bits per heavy atom. The van der Waals surface area contributed by atoms with Crippen LogP contribution in [0.4, 0.5) is 0 Å². The first-order valence-electron chi connectivity index (χ1n) is 7.47. The lowest BCUT2D eigenvalue weighted by atomic mass is 9.51. The Bertz CT molecular complexity index is 514. The standard InChI is InChI=1S/C15H22O6/c1-7-3-9-14(5-16,4-8(7)17)13(2)11(19)10(18)12(21-9)15(13)6-20-15/h3,8-12,16-19H,4-6H2,1-2H3/t8-,9+,10+,11+,12+,13+,14+,15?/m0/s1. The number of fused-ring (bicyclic) bond motifs is 2. The van der Waals surface area contributed by atoms with Crippen LogP contribution in [0.5, 0.6) is 0 Å². The Labute approximate surface area is 123 Å². The molecule has 1 saturated carbocycles. The molecule has 4 N–H and O–H groups in total. The number of hydrogen-bond acceptors (Lipinski definition) is 6. The van der Waals surface area contributed by atoms with Gasteiger partial charge in [-0.05, 0) is 18.9 Å². The van der Waals surface area contributed by atoms with Gasteiger partial charge in [0.1, 0.15) is 17.8 Å². The Morgan fingerprint density at radius 1 is 1.33 bits per heavy atom. The van der Waals surface area contributed by atoms with Crippen molar-refractivity contribution in [2.75, 3.05) is 13.2 Å². The number of epoxide rings is 1. The van der Waals surface area contributed by atoms with Gasteiger partial charge in [-0.1, -0.05) is 13.0 Å². The number of ether oxygens (including phenoxy) is 2. The van der Waals surface area contributed by atoms with Gasteiger partial charge in [0.25, 0.3) is 0 Å². The Hall–Kier alpha value is -0.500. The van der Waals surface area contributed by atoms with E-state index >= 15 is 0 Å². The van der Waals surface area contributed by atoms with Gasteiger partial charge in [-0.25, -0.2) is 0 Å². The maximum absolute atomic E-state index is 10.7. The minimum atomic E-state index is -1.05. The number of aliphatic hydroxyl groups excluding tert-OH is 4. The van der Waals surface area contributed by atoms with E-state index in [0.717, 1.165) is 5.57 Å². The van der Waals surface area contributed by atoms with Crippen LogP contribution < -0.4 is 0 Å². The summed E-state index contributed by atoms with van der Waals surface area (Å²) in [6, 6.07) is 0. The first-order valence-corrected chi connectivity index (χ1v) is 7.47. The van der Waals surface area contributed by atoms with Gasteiger partial charge in [-0.2, -0.15) is 0 Å². The molecule has 4 rings (SSSR count). The van der Waals surface area contributed by atoms with Gasteiger partial charge in [0, 0.05) is 10.8 Å². The van der Waals surface area contributed by atoms with Crippen molar-refractivity contribution < 1.29 is 29.9 Å². The Balaban J connectivity index is 1.92. The third-order valence-corrected chi connectivity index (χ3v) is 6.67. The van der Waals surface area contributed by atoms with E-state index in [1.165, 1.54) is 0 Å². The molecule has 1 unspecified atom stereocenters. The summed E-state index contributed by atoms with van der Waals surface area (Å²) in [4.78, 5) is 0. The van der Waals surface area contributed by atoms with E-state index in [-0.39, 0.29) is 13.0 Å². The topological polar surface area (TPSA) is 103 Å². The Morgan fingerprint density at radius 3 is 2.57 bits per heavy atom. The third-order valence-electron chi connectivity index (χ3n) is 6.67. The first-order chi connectivity index (χ1) is 9.84. The maximum Gasteiger partial charge on any atom is 0.129 e. The van der Waals surface area contributed by atoms with Crippen molar-refractivity contribution >= 4 is 0 Å². The van der Waals surface area contributed by atoms with Gasteiger partial charge < -0.3 is 29.9 Å². The fraction of sp³-hybridized carbons (Fsp3) is 0.867. The van der Waals surface area contributed by atoms with Crippen LogP contribution in [0.3, 0.4) is 0 Å². The summed E-state index contributed by atoms with van der Waals surface area (Å²) >= 11 is 0. The molecule has 118 valence electrons. The molecule has 0 radical (unpaired) electrons. The van der Waals surface area contributed by atoms with E-state index in [0.29, 0.717) is 6.61 Å². The SMILES string of the molecule is CC1=C[C@H]2O[C@@H]3[C@H](O)[C@@H](O)[C@@](C)(C34CO4)[C@@]2(CO)C[C@@H]1O. The molecule has 2 saturated heterocycles. The van der Waals surface area contributed by atoms with E-state index in [9.17, 15) is 20.4 Å². The molecule has 8 atom stereocenters. The van der Waals surface area contributed by atoms with E-state index < -0.39 is 47.0 Å². The van der Waals surface area contributed by atoms with Crippen LogP contribution in [0.15, 0.2) is 11.6 Å². The van der Waals surface area contributed by atoms with Gasteiger partial charge in [0.05, 0.1) is 31.5 Å². The molecule has 2 aliphatic heterocycles. The van der Waals surface area contributed by atoms with E-state index in [1.807, 2.05) is 19.9 Å². The van der Waals surface area contributed by atoms with Crippen LogP contribution in [0.1, 0.15) is 20.3 Å². The lowest BCUT2D eigenvalue weighted by Crippen LogP contribution is -2.67. The van der Waals surface area contributed by atoms with Crippen LogP contribution in [-0.4, -0.2) is 69.8 Å². The maximum atomic E-state index is 10.7. The predicted molar refractivity (Wildman–Crippen MR) is 71.4 cm³/mol. The smallest absolute Gasteiger partial charge is 0.129 e. The Kier molecular flexibility index (Phi) is 2.60. The van der Waals surface area contributed by atoms with Crippen molar-refractivity contribution in [1.29, 1.82) is 0 Å². The zero-order valence-electron chi connectivity index (χ0n) is 12.2. The van der Waals surface area contributed by atoms with Gasteiger partial charge in [0.15, 0.2) is 0 Å². The molecular formula is C15H22O6. The number of hydrogen-bond donors (Lipinski definition) is 4. The monoisotopic (exact) mass is 298 g/mol. The molecule has 3 fully saturated rings. The van der Waals surface area contributed by atoms with Crippen molar-refractivity contribution in [3.63, 3.8) is 0 Å². The molecule has 2 bridgehead atoms. The summed E-state index contributed by atoms with van der Waals surface area (Å²) in [5.74, 6) is 0. The molecular weight excluding hydrogens is 276 g/mol. The minimum absolute atomic E-state index is 0.239. The number of rotatable bonds is 1. The molecule has 2 aliphatic carbocycles. The van der Waals surface area contributed by atoms with Crippen molar-refractivity contribution in [1.82, 2.24) is 0 Å². The van der Waals surface area contributed by atoms with E-state index in [4.69, 9.17) is 9.47 Å². The van der Waals surface area contributed by atoms with E-state index in [2.05, 4.69) is 0 Å². The fourth-order valence-electron chi connectivity index (χ4n) is 5.06. The van der Waals surface area contributed by atoms with Crippen LogP contribution in [0.2, 0.25) is 0 Å². The van der Waals surface area contributed by atoms with Crippen molar-refractivity contribution in [3.8, 4) is 0 Å². The van der Waals surface area contributed by atoms with Crippen LogP contribution >= 0.6 is 0 Å². The van der Waals surface area contributed by atoms with Gasteiger partial charge in [0.2, 0.25) is 0 Å². The van der Waals surface area contributed by atoms with Gasteiger partial charge >= 0.3 is 0 Å². The number of aliphatic hydroxyl groups is 4. The molecule has 2 heterocycles. The highest BCUT2D eigenvalue weighted by Gasteiger charge is 2.84. The normalized spacial score (nSPS) is 61.6. The molecule has 0 aromatic carbocycles. The molecule has 1 spiro atoms. The molecule has 0 aromatic heterocycles. The van der Waals surface area contributed by atoms with Crippen LogP contribution in [-0.2, 0) is 9.47 Å². The second-order valence-corrected chi connectivity index (χ2v) is 7.24. The first kappa shape index (κ1) is 14.1. The summed E-state index contributed by atoms with van der Waals surface area (Å²) in [5, 5.41) is 41.5. The van der Waals surface area contributed by atoms with Crippen molar-refractivity contribution in [3.05, 3.63) is 11.6 Å². The summed E-state index contributed by atoms with van der Waals surface area (Å²) in [6.07, 6.45) is -1.72.